The number of halogens is 1. The molecule has 0 radical (unpaired) electrons. The van der Waals surface area contributed by atoms with E-state index >= 15 is 0 Å². The second-order valence-corrected chi connectivity index (χ2v) is 5.75. The fourth-order valence-corrected chi connectivity index (χ4v) is 2.73. The molecule has 0 saturated carbocycles. The minimum Gasteiger partial charge on any atom is -0.232 e. The second kappa shape index (κ2) is 4.63. The number of hydrogen-bond acceptors (Lipinski definition) is 3. The second-order valence-electron chi connectivity index (χ2n) is 4.02. The predicted molar refractivity (Wildman–Crippen MR) is 71.9 cm³/mol. The Morgan fingerprint density at radius 1 is 1.31 bits per heavy atom. The van der Waals surface area contributed by atoms with Gasteiger partial charge in [0, 0.05) is 5.92 Å². The third kappa shape index (κ3) is 2.33. The van der Waals surface area contributed by atoms with Crippen molar-refractivity contribution in [2.75, 3.05) is 0 Å². The maximum Gasteiger partial charge on any atom is 0.132 e. The first kappa shape index (κ1) is 11.7. The molecule has 0 aliphatic carbocycles. The fraction of sp³-hybridized carbons (Fsp3) is 0.333. The third-order valence-corrected chi connectivity index (χ3v) is 3.77. The molecule has 2 rings (SSSR count). The fourth-order valence-electron chi connectivity index (χ4n) is 1.44. The van der Waals surface area contributed by atoms with Crippen molar-refractivity contribution in [1.82, 2.24) is 9.97 Å². The molecule has 4 heteroatoms. The summed E-state index contributed by atoms with van der Waals surface area (Å²) in [5, 5.41) is 2.09. The van der Waals surface area contributed by atoms with E-state index in [0.29, 0.717) is 5.92 Å². The average molecular weight is 297 g/mol. The van der Waals surface area contributed by atoms with E-state index in [2.05, 4.69) is 58.1 Å². The van der Waals surface area contributed by atoms with Gasteiger partial charge >= 0.3 is 0 Å². The molecule has 0 saturated heterocycles. The summed E-state index contributed by atoms with van der Waals surface area (Å²) in [5.41, 5.74) is 2.28. The number of nitrogens with zero attached hydrogens (tertiary/aromatic N) is 2. The van der Waals surface area contributed by atoms with Crippen molar-refractivity contribution < 1.29 is 0 Å². The van der Waals surface area contributed by atoms with Crippen LogP contribution in [0.15, 0.2) is 22.1 Å². The zero-order chi connectivity index (χ0) is 11.7. The molecular weight excluding hydrogens is 284 g/mol. The van der Waals surface area contributed by atoms with Crippen LogP contribution in [0.4, 0.5) is 0 Å². The molecule has 2 heterocycles. The van der Waals surface area contributed by atoms with E-state index in [-0.39, 0.29) is 0 Å². The standard InChI is InChI=1S/C12H13BrN2S/c1-7(2)12-14-9(6-10(13)15-12)11-8(3)4-5-16-11/h4-7H,1-3H3. The Morgan fingerprint density at radius 3 is 2.62 bits per heavy atom. The van der Waals surface area contributed by atoms with Gasteiger partial charge in [-0.05, 0) is 45.9 Å². The Kier molecular flexibility index (Phi) is 3.40. The highest BCUT2D eigenvalue weighted by molar-refractivity contribution is 9.10. The highest BCUT2D eigenvalue weighted by atomic mass is 79.9. The van der Waals surface area contributed by atoms with Gasteiger partial charge in [-0.3, -0.25) is 0 Å². The van der Waals surface area contributed by atoms with Gasteiger partial charge in [0.2, 0.25) is 0 Å². The first-order chi connectivity index (χ1) is 7.58. The van der Waals surface area contributed by atoms with Gasteiger partial charge < -0.3 is 0 Å². The van der Waals surface area contributed by atoms with Crippen LogP contribution in [-0.4, -0.2) is 9.97 Å². The summed E-state index contributed by atoms with van der Waals surface area (Å²) < 4.78 is 0.856. The molecule has 2 aromatic rings. The van der Waals surface area contributed by atoms with Crippen LogP contribution in [0.2, 0.25) is 0 Å². The Labute approximate surface area is 108 Å². The lowest BCUT2D eigenvalue weighted by Crippen LogP contribution is -1.99. The third-order valence-electron chi connectivity index (χ3n) is 2.32. The van der Waals surface area contributed by atoms with Crippen molar-refractivity contribution >= 4 is 27.3 Å². The van der Waals surface area contributed by atoms with Gasteiger partial charge in [-0.15, -0.1) is 11.3 Å². The molecule has 0 bridgehead atoms. The molecule has 2 aromatic heterocycles. The van der Waals surface area contributed by atoms with E-state index in [9.17, 15) is 0 Å². The van der Waals surface area contributed by atoms with E-state index in [0.717, 1.165) is 16.1 Å². The molecule has 2 nitrogen and oxygen atoms in total. The van der Waals surface area contributed by atoms with Crippen LogP contribution in [0.1, 0.15) is 31.2 Å². The van der Waals surface area contributed by atoms with E-state index < -0.39 is 0 Å². The van der Waals surface area contributed by atoms with E-state index in [4.69, 9.17) is 0 Å². The van der Waals surface area contributed by atoms with Crippen molar-refractivity contribution in [1.29, 1.82) is 0 Å². The average Bonchev–Trinajstić information content (AvgIpc) is 2.63. The van der Waals surface area contributed by atoms with Crippen LogP contribution in [0.25, 0.3) is 10.6 Å². The van der Waals surface area contributed by atoms with Crippen LogP contribution < -0.4 is 0 Å². The molecule has 0 spiro atoms. The lowest BCUT2D eigenvalue weighted by atomic mass is 10.2. The van der Waals surface area contributed by atoms with Crippen molar-refractivity contribution in [2.45, 2.75) is 26.7 Å². The Bertz CT molecular complexity index is 505. The summed E-state index contributed by atoms with van der Waals surface area (Å²) >= 11 is 5.17. The van der Waals surface area contributed by atoms with Gasteiger partial charge in [-0.2, -0.15) is 0 Å². The van der Waals surface area contributed by atoms with Crippen LogP contribution in [-0.2, 0) is 0 Å². The van der Waals surface area contributed by atoms with Crippen molar-refractivity contribution in [2.24, 2.45) is 0 Å². The number of thiophene rings is 1. The maximum absolute atomic E-state index is 4.61. The topological polar surface area (TPSA) is 25.8 Å². The first-order valence-electron chi connectivity index (χ1n) is 5.17. The van der Waals surface area contributed by atoms with Gasteiger partial charge in [0.1, 0.15) is 10.4 Å². The first-order valence-corrected chi connectivity index (χ1v) is 6.84. The summed E-state index contributed by atoms with van der Waals surface area (Å²) in [4.78, 5) is 10.2. The number of aromatic nitrogens is 2. The highest BCUT2D eigenvalue weighted by Crippen LogP contribution is 2.29. The smallest absolute Gasteiger partial charge is 0.132 e. The number of hydrogen-bond donors (Lipinski definition) is 0. The maximum atomic E-state index is 4.61. The lowest BCUT2D eigenvalue weighted by molar-refractivity contribution is 0.771. The normalized spacial score (nSPS) is 11.1. The molecule has 0 aromatic carbocycles. The molecule has 16 heavy (non-hydrogen) atoms. The van der Waals surface area contributed by atoms with Gasteiger partial charge in [0.25, 0.3) is 0 Å². The van der Waals surface area contributed by atoms with Crippen molar-refractivity contribution in [3.8, 4) is 10.6 Å². The van der Waals surface area contributed by atoms with Gasteiger partial charge in [-0.25, -0.2) is 9.97 Å². The van der Waals surface area contributed by atoms with Crippen LogP contribution >= 0.6 is 27.3 Å². The molecule has 0 amide bonds. The Balaban J connectivity index is 2.54. The molecule has 0 unspecified atom stereocenters. The van der Waals surface area contributed by atoms with E-state index in [1.807, 2.05) is 6.07 Å². The van der Waals surface area contributed by atoms with Gasteiger partial charge in [0.15, 0.2) is 0 Å². The minimum atomic E-state index is 0.344. The van der Waals surface area contributed by atoms with Crippen LogP contribution in [0.5, 0.6) is 0 Å². The lowest BCUT2D eigenvalue weighted by Gasteiger charge is -2.07. The van der Waals surface area contributed by atoms with Gasteiger partial charge in [-0.1, -0.05) is 13.8 Å². The number of aryl methyl sites for hydroxylation is 1. The Morgan fingerprint density at radius 2 is 2.06 bits per heavy atom. The summed E-state index contributed by atoms with van der Waals surface area (Å²) in [6.07, 6.45) is 0. The Hall–Kier alpha value is -0.740. The highest BCUT2D eigenvalue weighted by Gasteiger charge is 2.10. The van der Waals surface area contributed by atoms with Gasteiger partial charge in [0.05, 0.1) is 10.6 Å². The summed E-state index contributed by atoms with van der Waals surface area (Å²) in [7, 11) is 0. The van der Waals surface area contributed by atoms with Crippen molar-refractivity contribution in [3.63, 3.8) is 0 Å². The minimum absolute atomic E-state index is 0.344. The molecule has 0 aliphatic heterocycles. The summed E-state index contributed by atoms with van der Waals surface area (Å²) in [5.74, 6) is 1.23. The van der Waals surface area contributed by atoms with E-state index in [1.54, 1.807) is 11.3 Å². The molecule has 0 atom stereocenters. The van der Waals surface area contributed by atoms with Crippen LogP contribution in [0, 0.1) is 6.92 Å². The quantitative estimate of drug-likeness (QED) is 0.768. The summed E-state index contributed by atoms with van der Waals surface area (Å²) in [6, 6.07) is 4.09. The zero-order valence-corrected chi connectivity index (χ0v) is 11.9. The van der Waals surface area contributed by atoms with Crippen LogP contribution in [0.3, 0.4) is 0 Å². The largest absolute Gasteiger partial charge is 0.232 e. The SMILES string of the molecule is Cc1ccsc1-c1cc(Br)nc(C(C)C)n1. The molecular formula is C12H13BrN2S. The van der Waals surface area contributed by atoms with Crippen molar-refractivity contribution in [3.05, 3.63) is 33.5 Å². The molecule has 84 valence electrons. The van der Waals surface area contributed by atoms with E-state index in [1.165, 1.54) is 10.4 Å². The monoisotopic (exact) mass is 296 g/mol. The molecule has 0 fully saturated rings. The predicted octanol–water partition coefficient (Wildman–Crippen LogP) is 4.40. The summed E-state index contributed by atoms with van der Waals surface area (Å²) in [6.45, 7) is 6.32. The molecule has 0 N–H and O–H groups in total. The number of rotatable bonds is 2. The zero-order valence-electron chi connectivity index (χ0n) is 9.49. The molecule has 0 aliphatic rings.